The molecule has 0 fully saturated rings. The molecule has 2 rings (SSSR count). The summed E-state index contributed by atoms with van der Waals surface area (Å²) in [6, 6.07) is 11.8. The van der Waals surface area contributed by atoms with Crippen molar-refractivity contribution in [3.8, 4) is 0 Å². The van der Waals surface area contributed by atoms with Gasteiger partial charge in [-0.05, 0) is 40.7 Å². The van der Waals surface area contributed by atoms with Gasteiger partial charge in [0.15, 0.2) is 0 Å². The van der Waals surface area contributed by atoms with Gasteiger partial charge in [0.05, 0.1) is 0 Å². The fraction of sp³-hybridized carbons (Fsp3) is 0.750. The van der Waals surface area contributed by atoms with Crippen LogP contribution in [0.15, 0.2) is 24.3 Å². The summed E-state index contributed by atoms with van der Waals surface area (Å²) in [5.74, 6) is 0.539. The Kier molecular flexibility index (Phi) is 8.42. The summed E-state index contributed by atoms with van der Waals surface area (Å²) in [6.07, 6.45) is 0.292. The molecule has 0 radical (unpaired) electrons. The third-order valence-electron chi connectivity index (χ3n) is 7.57. The molecule has 1 aromatic rings. The maximum Gasteiger partial charge on any atom is 0.200 e. The lowest BCUT2D eigenvalue weighted by atomic mass is 9.86. The summed E-state index contributed by atoms with van der Waals surface area (Å²) in [7, 11) is -2.70. The molecule has 1 N–H and O–H groups in total. The Balaban J connectivity index is 2.46. The van der Waals surface area contributed by atoms with Gasteiger partial charge in [-0.1, -0.05) is 85.7 Å². The van der Waals surface area contributed by atoms with Crippen molar-refractivity contribution in [2.24, 2.45) is 0 Å². The van der Waals surface area contributed by atoms with Crippen LogP contribution in [0.3, 0.4) is 0 Å². The van der Waals surface area contributed by atoms with Gasteiger partial charge >= 0.3 is 0 Å². The summed E-state index contributed by atoms with van der Waals surface area (Å²) < 4.78 is 7.32. The standard InChI is InChI=1S/C24H45NOSi2/c1-10-27(11-2)23-16-25-22-15-13-12-14-21(22)24(23)20(9)26-28(17(3)4,18(5)6)19(7)8/h12-15,17-20,23-25,27H,10-11,16H2,1-9H3/t20-,23-,24+/m0/s1. The van der Waals surface area contributed by atoms with E-state index in [4.69, 9.17) is 4.43 Å². The summed E-state index contributed by atoms with van der Waals surface area (Å²) in [6.45, 7) is 22.8. The predicted octanol–water partition coefficient (Wildman–Crippen LogP) is 7.41. The van der Waals surface area contributed by atoms with Crippen LogP contribution >= 0.6 is 0 Å². The molecule has 0 amide bonds. The molecule has 0 unspecified atom stereocenters. The lowest BCUT2D eigenvalue weighted by Gasteiger charge is -2.48. The van der Waals surface area contributed by atoms with Crippen LogP contribution in [0.1, 0.15) is 73.8 Å². The molecule has 1 aliphatic heterocycles. The highest BCUT2D eigenvalue weighted by Gasteiger charge is 2.48. The van der Waals surface area contributed by atoms with Crippen molar-refractivity contribution in [3.63, 3.8) is 0 Å². The molecule has 2 nitrogen and oxygen atoms in total. The molecule has 0 aliphatic carbocycles. The SMILES string of the molecule is CC[SiH](CC)[C@H]1CNc2ccccc2[C@H]1[C@H](C)O[Si](C(C)C)(C(C)C)C(C)C. The first-order valence-electron chi connectivity index (χ1n) is 11.7. The van der Waals surface area contributed by atoms with Crippen LogP contribution in [0.25, 0.3) is 0 Å². The Morgan fingerprint density at radius 3 is 2.00 bits per heavy atom. The number of fused-ring (bicyclic) bond motifs is 1. The van der Waals surface area contributed by atoms with Crippen molar-refractivity contribution in [1.29, 1.82) is 0 Å². The van der Waals surface area contributed by atoms with E-state index in [0.29, 0.717) is 28.6 Å². The zero-order chi connectivity index (χ0) is 21.1. The minimum absolute atomic E-state index is 0.292. The third kappa shape index (κ3) is 4.44. The van der Waals surface area contributed by atoms with E-state index in [-0.39, 0.29) is 0 Å². The molecular formula is C24H45NOSi2. The highest BCUT2D eigenvalue weighted by Crippen LogP contribution is 2.49. The van der Waals surface area contributed by atoms with E-state index in [0.717, 1.165) is 12.1 Å². The normalized spacial score (nSPS) is 21.3. The van der Waals surface area contributed by atoms with Gasteiger partial charge in [0.25, 0.3) is 0 Å². The fourth-order valence-electron chi connectivity index (χ4n) is 6.29. The second-order valence-corrected chi connectivity index (χ2v) is 19.3. The lowest BCUT2D eigenvalue weighted by molar-refractivity contribution is 0.157. The first kappa shape index (κ1) is 23.7. The first-order chi connectivity index (χ1) is 13.2. The van der Waals surface area contributed by atoms with Crippen LogP contribution < -0.4 is 5.32 Å². The summed E-state index contributed by atoms with van der Waals surface area (Å²) >= 11 is 0. The number of benzene rings is 1. The maximum absolute atomic E-state index is 7.32. The van der Waals surface area contributed by atoms with Gasteiger partial charge in [-0.2, -0.15) is 0 Å². The summed E-state index contributed by atoms with van der Waals surface area (Å²) in [5, 5.41) is 3.77. The molecule has 0 spiro atoms. The summed E-state index contributed by atoms with van der Waals surface area (Å²) in [4.78, 5) is 0. The second kappa shape index (κ2) is 9.95. The Bertz CT molecular complexity index is 591. The molecule has 0 aromatic heterocycles. The molecule has 1 heterocycles. The molecular weight excluding hydrogens is 374 g/mol. The van der Waals surface area contributed by atoms with E-state index in [2.05, 4.69) is 91.9 Å². The van der Waals surface area contributed by atoms with Crippen LogP contribution in [0.5, 0.6) is 0 Å². The second-order valence-electron chi connectivity index (χ2n) is 9.87. The van der Waals surface area contributed by atoms with Crippen LogP contribution in [-0.2, 0) is 4.43 Å². The van der Waals surface area contributed by atoms with Gasteiger partial charge in [0.2, 0.25) is 8.32 Å². The van der Waals surface area contributed by atoms with Crippen LogP contribution in [-0.4, -0.2) is 29.8 Å². The third-order valence-corrected chi connectivity index (χ3v) is 17.7. The lowest BCUT2D eigenvalue weighted by Crippen LogP contribution is -2.52. The molecule has 160 valence electrons. The van der Waals surface area contributed by atoms with E-state index in [1.54, 1.807) is 0 Å². The van der Waals surface area contributed by atoms with Crippen molar-refractivity contribution < 1.29 is 4.43 Å². The molecule has 3 atom stereocenters. The number of hydrogen-bond donors (Lipinski definition) is 1. The molecule has 0 saturated heterocycles. The van der Waals surface area contributed by atoms with Gasteiger partial charge in [-0.25, -0.2) is 0 Å². The molecule has 1 aromatic carbocycles. The first-order valence-corrected chi connectivity index (χ1v) is 16.1. The van der Waals surface area contributed by atoms with Gasteiger partial charge in [-0.3, -0.25) is 0 Å². The number of anilines is 1. The van der Waals surface area contributed by atoms with Crippen molar-refractivity contribution >= 4 is 22.8 Å². The van der Waals surface area contributed by atoms with Crippen molar-refractivity contribution in [3.05, 3.63) is 29.8 Å². The molecule has 28 heavy (non-hydrogen) atoms. The predicted molar refractivity (Wildman–Crippen MR) is 131 cm³/mol. The molecule has 0 bridgehead atoms. The minimum atomic E-state index is -1.89. The highest BCUT2D eigenvalue weighted by atomic mass is 28.4. The van der Waals surface area contributed by atoms with Gasteiger partial charge in [0, 0.05) is 33.1 Å². The molecule has 4 heteroatoms. The Hall–Kier alpha value is -0.586. The van der Waals surface area contributed by atoms with E-state index < -0.39 is 17.1 Å². The summed E-state index contributed by atoms with van der Waals surface area (Å²) in [5.41, 5.74) is 5.52. The Morgan fingerprint density at radius 1 is 0.964 bits per heavy atom. The smallest absolute Gasteiger partial charge is 0.200 e. The van der Waals surface area contributed by atoms with Crippen LogP contribution in [0.2, 0.25) is 34.3 Å². The van der Waals surface area contributed by atoms with Crippen molar-refractivity contribution in [2.75, 3.05) is 11.9 Å². The quantitative estimate of drug-likeness (QED) is 0.421. The number of nitrogens with one attached hydrogen (secondary N) is 1. The van der Waals surface area contributed by atoms with Crippen molar-refractivity contribution in [2.45, 2.75) is 109 Å². The van der Waals surface area contributed by atoms with Gasteiger partial charge in [0.1, 0.15) is 0 Å². The zero-order valence-electron chi connectivity index (χ0n) is 19.9. The van der Waals surface area contributed by atoms with E-state index in [1.807, 2.05) is 0 Å². The number of hydrogen-bond acceptors (Lipinski definition) is 2. The monoisotopic (exact) mass is 419 g/mol. The maximum atomic E-state index is 7.32. The van der Waals surface area contributed by atoms with Crippen molar-refractivity contribution in [1.82, 2.24) is 0 Å². The van der Waals surface area contributed by atoms with Gasteiger partial charge < -0.3 is 9.74 Å². The molecule has 0 saturated carbocycles. The van der Waals surface area contributed by atoms with Crippen LogP contribution in [0, 0.1) is 0 Å². The topological polar surface area (TPSA) is 21.3 Å². The largest absolute Gasteiger partial charge is 0.413 e. The molecule has 1 aliphatic rings. The average molecular weight is 420 g/mol. The Morgan fingerprint density at radius 2 is 1.50 bits per heavy atom. The van der Waals surface area contributed by atoms with E-state index in [9.17, 15) is 0 Å². The minimum Gasteiger partial charge on any atom is -0.413 e. The fourth-order valence-corrected chi connectivity index (χ4v) is 15.2. The highest BCUT2D eigenvalue weighted by molar-refractivity contribution is 6.77. The average Bonchev–Trinajstić information content (AvgIpc) is 2.65. The van der Waals surface area contributed by atoms with E-state index >= 15 is 0 Å². The number of para-hydroxylation sites is 1. The number of rotatable bonds is 9. The van der Waals surface area contributed by atoms with E-state index in [1.165, 1.54) is 23.3 Å². The zero-order valence-corrected chi connectivity index (χ0v) is 22.0. The van der Waals surface area contributed by atoms with Gasteiger partial charge in [-0.15, -0.1) is 0 Å². The van der Waals surface area contributed by atoms with Crippen LogP contribution in [0.4, 0.5) is 5.69 Å². The Labute approximate surface area is 177 Å².